The van der Waals surface area contributed by atoms with Gasteiger partial charge >= 0.3 is 0 Å². The number of nitrogens with zero attached hydrogens (tertiary/aromatic N) is 6. The Balaban J connectivity index is 1.51. The average Bonchev–Trinajstić information content (AvgIpc) is 3.50. The molecule has 1 N–H and O–H groups in total. The minimum absolute atomic E-state index is 0.765. The molecular formula is C22H25N7. The number of benzene rings is 1. The number of nitrogens with one attached hydrogen (secondary N) is 1. The van der Waals surface area contributed by atoms with Crippen molar-refractivity contribution >= 4 is 0 Å². The second kappa shape index (κ2) is 7.66. The van der Waals surface area contributed by atoms with Crippen LogP contribution in [0.3, 0.4) is 0 Å². The first kappa shape index (κ1) is 17.8. The van der Waals surface area contributed by atoms with Gasteiger partial charge in [0.05, 0.1) is 17.7 Å². The predicted octanol–water partition coefficient (Wildman–Crippen LogP) is 3.67. The van der Waals surface area contributed by atoms with Gasteiger partial charge in [-0.05, 0) is 38.2 Å². The van der Waals surface area contributed by atoms with Crippen LogP contribution in [0.4, 0.5) is 0 Å². The van der Waals surface area contributed by atoms with E-state index in [2.05, 4.69) is 43.9 Å². The molecule has 0 saturated carbocycles. The van der Waals surface area contributed by atoms with E-state index in [1.54, 1.807) is 6.33 Å². The first-order chi connectivity index (χ1) is 14.3. The molecule has 7 nitrogen and oxygen atoms in total. The lowest BCUT2D eigenvalue weighted by molar-refractivity contribution is 0.642. The topological polar surface area (TPSA) is 77.2 Å². The second-order valence-electron chi connectivity index (χ2n) is 7.49. The quantitative estimate of drug-likeness (QED) is 0.548. The van der Waals surface area contributed by atoms with E-state index in [-0.39, 0.29) is 0 Å². The van der Waals surface area contributed by atoms with Gasteiger partial charge in [-0.1, -0.05) is 30.3 Å². The van der Waals surface area contributed by atoms with Crippen LogP contribution in [0.2, 0.25) is 0 Å². The maximum Gasteiger partial charge on any atom is 0.177 e. The molecule has 0 radical (unpaired) electrons. The molecule has 0 aliphatic heterocycles. The molecule has 1 aliphatic rings. The van der Waals surface area contributed by atoms with E-state index >= 15 is 0 Å². The minimum Gasteiger partial charge on any atom is -0.327 e. The van der Waals surface area contributed by atoms with Gasteiger partial charge in [-0.25, -0.2) is 14.6 Å². The van der Waals surface area contributed by atoms with Gasteiger partial charge in [0.25, 0.3) is 0 Å². The fourth-order valence-electron chi connectivity index (χ4n) is 4.26. The van der Waals surface area contributed by atoms with Crippen molar-refractivity contribution in [1.29, 1.82) is 0 Å². The number of aryl methyl sites for hydroxylation is 4. The molecule has 0 spiro atoms. The van der Waals surface area contributed by atoms with E-state index in [0.717, 1.165) is 55.1 Å². The highest BCUT2D eigenvalue weighted by Crippen LogP contribution is 2.30. The summed E-state index contributed by atoms with van der Waals surface area (Å²) in [7, 11) is 0. The van der Waals surface area contributed by atoms with Crippen LogP contribution in [-0.4, -0.2) is 34.5 Å². The van der Waals surface area contributed by atoms with E-state index < -0.39 is 0 Å². The fraction of sp³-hybridized carbons (Fsp3) is 0.364. The van der Waals surface area contributed by atoms with Crippen molar-refractivity contribution in [2.24, 2.45) is 0 Å². The molecule has 4 aromatic rings. The lowest BCUT2D eigenvalue weighted by atomic mass is 9.95. The first-order valence-corrected chi connectivity index (χ1v) is 10.4. The number of aromatic amines is 1. The van der Waals surface area contributed by atoms with Crippen LogP contribution in [0.15, 0.2) is 43.0 Å². The fourth-order valence-corrected chi connectivity index (χ4v) is 4.26. The van der Waals surface area contributed by atoms with Gasteiger partial charge in [-0.15, -0.1) is 0 Å². The Labute approximate surface area is 169 Å². The summed E-state index contributed by atoms with van der Waals surface area (Å²) in [6, 6.07) is 10.3. The van der Waals surface area contributed by atoms with Crippen LogP contribution in [0.1, 0.15) is 36.7 Å². The zero-order valence-electron chi connectivity index (χ0n) is 16.7. The van der Waals surface area contributed by atoms with Crippen molar-refractivity contribution in [3.05, 3.63) is 59.9 Å². The average molecular weight is 387 g/mol. The molecule has 0 saturated heterocycles. The Morgan fingerprint density at radius 3 is 2.79 bits per heavy atom. The molecule has 5 rings (SSSR count). The molecule has 148 valence electrons. The van der Waals surface area contributed by atoms with Crippen molar-refractivity contribution in [2.45, 2.75) is 52.1 Å². The number of H-pyrrole nitrogens is 1. The third-order valence-electron chi connectivity index (χ3n) is 5.74. The summed E-state index contributed by atoms with van der Waals surface area (Å²) < 4.78 is 4.12. The third-order valence-corrected chi connectivity index (χ3v) is 5.74. The SMILES string of the molecule is CCn1ncnc1-c1c(-c2ccccc2)ncn1CCc1n[nH]c2c1CCCC2. The molecule has 3 aromatic heterocycles. The highest BCUT2D eigenvalue weighted by atomic mass is 15.3. The van der Waals surface area contributed by atoms with Crippen LogP contribution < -0.4 is 0 Å². The van der Waals surface area contributed by atoms with E-state index in [0.29, 0.717) is 0 Å². The summed E-state index contributed by atoms with van der Waals surface area (Å²) >= 11 is 0. The Kier molecular flexibility index (Phi) is 4.71. The highest BCUT2D eigenvalue weighted by molar-refractivity contribution is 5.75. The molecule has 29 heavy (non-hydrogen) atoms. The Morgan fingerprint density at radius 1 is 1.07 bits per heavy atom. The van der Waals surface area contributed by atoms with E-state index in [4.69, 9.17) is 4.98 Å². The Hall–Kier alpha value is -3.22. The van der Waals surface area contributed by atoms with Crippen LogP contribution >= 0.6 is 0 Å². The summed E-state index contributed by atoms with van der Waals surface area (Å²) in [5.41, 5.74) is 6.99. The molecule has 3 heterocycles. The Bertz CT molecular complexity index is 1100. The number of rotatable bonds is 6. The Morgan fingerprint density at radius 2 is 1.93 bits per heavy atom. The number of imidazole rings is 1. The lowest BCUT2D eigenvalue weighted by Crippen LogP contribution is -2.09. The van der Waals surface area contributed by atoms with Crippen molar-refractivity contribution in [3.63, 3.8) is 0 Å². The number of hydrogen-bond acceptors (Lipinski definition) is 4. The third kappa shape index (κ3) is 3.26. The van der Waals surface area contributed by atoms with Crippen molar-refractivity contribution < 1.29 is 0 Å². The first-order valence-electron chi connectivity index (χ1n) is 10.4. The minimum atomic E-state index is 0.765. The van der Waals surface area contributed by atoms with Gasteiger partial charge in [-0.2, -0.15) is 10.2 Å². The molecule has 7 heteroatoms. The maximum absolute atomic E-state index is 4.76. The number of fused-ring (bicyclic) bond motifs is 1. The normalized spacial score (nSPS) is 13.6. The lowest BCUT2D eigenvalue weighted by Gasteiger charge is -2.13. The van der Waals surface area contributed by atoms with Gasteiger partial charge in [0.2, 0.25) is 0 Å². The van der Waals surface area contributed by atoms with Gasteiger partial charge in [0.1, 0.15) is 12.0 Å². The predicted molar refractivity (Wildman–Crippen MR) is 111 cm³/mol. The zero-order valence-corrected chi connectivity index (χ0v) is 16.7. The van der Waals surface area contributed by atoms with E-state index in [9.17, 15) is 0 Å². The number of hydrogen-bond donors (Lipinski definition) is 1. The van der Waals surface area contributed by atoms with Crippen LogP contribution in [-0.2, 0) is 32.4 Å². The van der Waals surface area contributed by atoms with E-state index in [1.807, 2.05) is 29.2 Å². The number of aromatic nitrogens is 7. The molecule has 0 bridgehead atoms. The van der Waals surface area contributed by atoms with Gasteiger partial charge in [0, 0.05) is 30.8 Å². The monoisotopic (exact) mass is 387 g/mol. The summed E-state index contributed by atoms with van der Waals surface area (Å²) in [6.07, 6.45) is 9.19. The van der Waals surface area contributed by atoms with Crippen LogP contribution in [0.5, 0.6) is 0 Å². The molecule has 0 atom stereocenters. The van der Waals surface area contributed by atoms with Crippen LogP contribution in [0, 0.1) is 0 Å². The summed E-state index contributed by atoms with van der Waals surface area (Å²) in [4.78, 5) is 9.32. The van der Waals surface area contributed by atoms with Gasteiger partial charge in [0.15, 0.2) is 5.82 Å². The highest BCUT2D eigenvalue weighted by Gasteiger charge is 2.21. The summed E-state index contributed by atoms with van der Waals surface area (Å²) in [6.45, 7) is 3.65. The molecular weight excluding hydrogens is 362 g/mol. The standard InChI is InChI=1S/C22H25N7/c1-2-29-22(23-14-25-29)21-20(16-8-4-3-5-9-16)24-15-28(21)13-12-19-17-10-6-7-11-18(17)26-27-19/h3-5,8-9,14-15H,2,6-7,10-13H2,1H3,(H,26,27). The molecule has 0 unspecified atom stereocenters. The molecule has 1 aliphatic carbocycles. The molecule has 1 aromatic carbocycles. The van der Waals surface area contributed by atoms with Crippen molar-refractivity contribution in [3.8, 4) is 22.8 Å². The molecule has 0 fully saturated rings. The zero-order chi connectivity index (χ0) is 19.6. The van der Waals surface area contributed by atoms with E-state index in [1.165, 1.54) is 29.8 Å². The maximum atomic E-state index is 4.76. The summed E-state index contributed by atoms with van der Waals surface area (Å²) in [5.74, 6) is 0.855. The van der Waals surface area contributed by atoms with Gasteiger partial charge < -0.3 is 4.57 Å². The van der Waals surface area contributed by atoms with Crippen LogP contribution in [0.25, 0.3) is 22.8 Å². The van der Waals surface area contributed by atoms with Gasteiger partial charge in [-0.3, -0.25) is 5.10 Å². The van der Waals surface area contributed by atoms with Crippen molar-refractivity contribution in [2.75, 3.05) is 0 Å². The molecule has 0 amide bonds. The summed E-state index contributed by atoms with van der Waals surface area (Å²) in [5, 5.41) is 12.2. The second-order valence-corrected chi connectivity index (χ2v) is 7.49. The largest absolute Gasteiger partial charge is 0.327 e. The van der Waals surface area contributed by atoms with Crippen molar-refractivity contribution in [1.82, 2.24) is 34.5 Å². The smallest absolute Gasteiger partial charge is 0.177 e.